The Balaban J connectivity index is 1.85. The van der Waals surface area contributed by atoms with Crippen molar-refractivity contribution >= 4 is 34.7 Å². The Labute approximate surface area is 196 Å². The molecule has 1 heterocycles. The van der Waals surface area contributed by atoms with Gasteiger partial charge in [0.25, 0.3) is 0 Å². The summed E-state index contributed by atoms with van der Waals surface area (Å²) < 4.78 is 0. The lowest BCUT2D eigenvalue weighted by molar-refractivity contribution is 0.0892. The molecular weight excluding hydrogens is 445 g/mol. The molecule has 4 rings (SSSR count). The Morgan fingerprint density at radius 3 is 2.47 bits per heavy atom. The summed E-state index contributed by atoms with van der Waals surface area (Å²) in [5, 5.41) is 23.2. The zero-order chi connectivity index (χ0) is 22.7. The molecule has 1 atom stereocenters. The minimum absolute atomic E-state index is 0.0602. The second-order valence-corrected chi connectivity index (χ2v) is 8.60. The van der Waals surface area contributed by atoms with Gasteiger partial charge in [0.05, 0.1) is 10.6 Å². The van der Waals surface area contributed by atoms with Crippen LogP contribution in [0, 0.1) is 11.3 Å². The Morgan fingerprint density at radius 2 is 1.84 bits per heavy atom. The first-order valence-corrected chi connectivity index (χ1v) is 11.0. The zero-order valence-electron chi connectivity index (χ0n) is 17.2. The van der Waals surface area contributed by atoms with Crippen molar-refractivity contribution in [1.29, 1.82) is 5.26 Å². The van der Waals surface area contributed by atoms with Crippen molar-refractivity contribution in [3.05, 3.63) is 93.5 Å². The molecule has 0 amide bonds. The van der Waals surface area contributed by atoms with Gasteiger partial charge < -0.3 is 15.3 Å². The van der Waals surface area contributed by atoms with Crippen LogP contribution in [0.5, 0.6) is 5.75 Å². The van der Waals surface area contributed by atoms with Crippen molar-refractivity contribution in [2.45, 2.75) is 18.5 Å². The van der Waals surface area contributed by atoms with Crippen molar-refractivity contribution < 1.29 is 9.90 Å². The molecule has 0 saturated carbocycles. The van der Waals surface area contributed by atoms with E-state index in [1.54, 1.807) is 24.3 Å². The molecule has 1 fully saturated rings. The highest BCUT2D eigenvalue weighted by Crippen LogP contribution is 2.37. The second kappa shape index (κ2) is 9.22. The van der Waals surface area contributed by atoms with Crippen molar-refractivity contribution in [3.63, 3.8) is 0 Å². The van der Waals surface area contributed by atoms with Gasteiger partial charge in [-0.2, -0.15) is 5.26 Å². The standard InChI is InChI=1S/C25H21Cl2N3O2/c26-22-4-2-1-3-19(22)15-30(20-8-5-18(14-28)23(27)13-20)25(11-12-29-16-25)24(32)17-6-9-21(31)10-7-17/h1-10,13,29,31H,11-12,15-16H2/t25-/m0/s1. The van der Waals surface area contributed by atoms with Crippen molar-refractivity contribution in [3.8, 4) is 11.8 Å². The number of benzene rings is 3. The summed E-state index contributed by atoms with van der Waals surface area (Å²) >= 11 is 12.8. The summed E-state index contributed by atoms with van der Waals surface area (Å²) in [7, 11) is 0. The summed E-state index contributed by atoms with van der Waals surface area (Å²) in [6, 6.07) is 21.1. The normalized spacial score (nSPS) is 17.7. The quantitative estimate of drug-likeness (QED) is 0.489. The highest BCUT2D eigenvalue weighted by molar-refractivity contribution is 6.32. The van der Waals surface area contributed by atoms with Crippen molar-refractivity contribution in [1.82, 2.24) is 5.32 Å². The molecule has 0 aromatic heterocycles. The van der Waals surface area contributed by atoms with E-state index in [1.807, 2.05) is 35.2 Å². The Morgan fingerprint density at radius 1 is 1.09 bits per heavy atom. The minimum Gasteiger partial charge on any atom is -0.508 e. The molecule has 32 heavy (non-hydrogen) atoms. The Hall–Kier alpha value is -3.04. The van der Waals surface area contributed by atoms with E-state index in [0.717, 1.165) is 11.3 Å². The number of carbonyl (C=O) groups excluding carboxylic acids is 1. The van der Waals surface area contributed by atoms with Gasteiger partial charge in [-0.3, -0.25) is 4.79 Å². The molecular formula is C25H21Cl2N3O2. The van der Waals surface area contributed by atoms with E-state index in [9.17, 15) is 15.2 Å². The molecule has 5 nitrogen and oxygen atoms in total. The third kappa shape index (κ3) is 4.18. The SMILES string of the molecule is N#Cc1ccc(N(Cc2ccccc2Cl)[C@@]2(C(=O)c3ccc(O)cc3)CCNC2)cc1Cl. The number of aromatic hydroxyl groups is 1. The molecule has 2 N–H and O–H groups in total. The molecule has 162 valence electrons. The monoisotopic (exact) mass is 465 g/mol. The molecule has 0 bridgehead atoms. The number of anilines is 1. The van der Waals surface area contributed by atoms with E-state index >= 15 is 0 Å². The predicted molar refractivity (Wildman–Crippen MR) is 126 cm³/mol. The highest BCUT2D eigenvalue weighted by Gasteiger charge is 2.47. The van der Waals surface area contributed by atoms with Crippen LogP contribution >= 0.6 is 23.2 Å². The van der Waals surface area contributed by atoms with Gasteiger partial charge in [0.15, 0.2) is 5.78 Å². The van der Waals surface area contributed by atoms with Gasteiger partial charge in [-0.15, -0.1) is 0 Å². The summed E-state index contributed by atoms with van der Waals surface area (Å²) in [4.78, 5) is 15.9. The van der Waals surface area contributed by atoms with E-state index in [-0.39, 0.29) is 11.5 Å². The lowest BCUT2D eigenvalue weighted by Gasteiger charge is -2.42. The van der Waals surface area contributed by atoms with Crippen LogP contribution in [0.2, 0.25) is 10.0 Å². The van der Waals surface area contributed by atoms with E-state index in [2.05, 4.69) is 11.4 Å². The van der Waals surface area contributed by atoms with Crippen LogP contribution in [0.4, 0.5) is 5.69 Å². The first-order chi connectivity index (χ1) is 15.4. The predicted octanol–water partition coefficient (Wildman–Crippen LogP) is 5.19. The molecule has 0 unspecified atom stereocenters. The minimum atomic E-state index is -0.895. The average Bonchev–Trinajstić information content (AvgIpc) is 3.29. The van der Waals surface area contributed by atoms with Crippen molar-refractivity contribution in [2.24, 2.45) is 0 Å². The first kappa shape index (κ1) is 22.2. The summed E-state index contributed by atoms with van der Waals surface area (Å²) in [6.45, 7) is 1.50. The van der Waals surface area contributed by atoms with Gasteiger partial charge in [-0.05, 0) is 67.1 Å². The van der Waals surface area contributed by atoms with Gasteiger partial charge in [0.1, 0.15) is 17.4 Å². The third-order valence-electron chi connectivity index (χ3n) is 5.87. The van der Waals surface area contributed by atoms with Crippen LogP contribution in [0.25, 0.3) is 0 Å². The Kier molecular flexibility index (Phi) is 6.38. The number of rotatable bonds is 6. The Bertz CT molecular complexity index is 1180. The number of ketones is 1. The fourth-order valence-corrected chi connectivity index (χ4v) is 4.57. The number of nitrogens with one attached hydrogen (secondary N) is 1. The van der Waals surface area contributed by atoms with E-state index in [0.29, 0.717) is 47.2 Å². The van der Waals surface area contributed by atoms with Gasteiger partial charge >= 0.3 is 0 Å². The number of nitrogens with zero attached hydrogens (tertiary/aromatic N) is 2. The summed E-state index contributed by atoms with van der Waals surface area (Å²) in [5.41, 5.74) is 1.59. The first-order valence-electron chi connectivity index (χ1n) is 10.2. The summed E-state index contributed by atoms with van der Waals surface area (Å²) in [5.74, 6) is 0.0435. The van der Waals surface area contributed by atoms with E-state index in [1.165, 1.54) is 12.1 Å². The number of hydrogen-bond donors (Lipinski definition) is 2. The van der Waals surface area contributed by atoms with Crippen LogP contribution in [0.3, 0.4) is 0 Å². The van der Waals surface area contributed by atoms with E-state index < -0.39 is 5.54 Å². The van der Waals surface area contributed by atoms with Crippen LogP contribution in [-0.2, 0) is 6.54 Å². The maximum absolute atomic E-state index is 13.9. The molecule has 7 heteroatoms. The number of hydrogen-bond acceptors (Lipinski definition) is 5. The molecule has 3 aromatic carbocycles. The number of nitriles is 1. The van der Waals surface area contributed by atoms with Crippen LogP contribution in [0.15, 0.2) is 66.7 Å². The van der Waals surface area contributed by atoms with E-state index in [4.69, 9.17) is 23.2 Å². The lowest BCUT2D eigenvalue weighted by Crippen LogP contribution is -2.56. The number of phenolic OH excluding ortho intramolecular Hbond substituents is 1. The molecule has 1 aliphatic heterocycles. The second-order valence-electron chi connectivity index (χ2n) is 7.79. The molecule has 0 radical (unpaired) electrons. The van der Waals surface area contributed by atoms with Gasteiger partial charge in [-0.1, -0.05) is 41.4 Å². The maximum Gasteiger partial charge on any atom is 0.189 e. The topological polar surface area (TPSA) is 76.4 Å². The number of halogens is 2. The molecule has 0 spiro atoms. The maximum atomic E-state index is 13.9. The molecule has 1 aliphatic rings. The fraction of sp³-hybridized carbons (Fsp3) is 0.200. The summed E-state index contributed by atoms with van der Waals surface area (Å²) in [6.07, 6.45) is 0.578. The molecule has 3 aromatic rings. The van der Waals surface area contributed by atoms with Crippen molar-refractivity contribution in [2.75, 3.05) is 18.0 Å². The zero-order valence-corrected chi connectivity index (χ0v) is 18.7. The van der Waals surface area contributed by atoms with Crippen LogP contribution < -0.4 is 10.2 Å². The lowest BCUT2D eigenvalue weighted by atomic mass is 9.85. The largest absolute Gasteiger partial charge is 0.508 e. The van der Waals surface area contributed by atoms with Gasteiger partial charge in [0, 0.05) is 29.4 Å². The van der Waals surface area contributed by atoms with Gasteiger partial charge in [-0.25, -0.2) is 0 Å². The van der Waals surface area contributed by atoms with Gasteiger partial charge in [0.2, 0.25) is 0 Å². The number of Topliss-reactive ketones (excluding diaryl/α,β-unsaturated/α-hetero) is 1. The third-order valence-corrected chi connectivity index (χ3v) is 6.55. The number of phenols is 1. The fourth-order valence-electron chi connectivity index (χ4n) is 4.16. The van der Waals surface area contributed by atoms with Crippen LogP contribution in [0.1, 0.15) is 27.9 Å². The van der Waals surface area contributed by atoms with Crippen LogP contribution in [-0.4, -0.2) is 29.5 Å². The average molecular weight is 466 g/mol. The molecule has 0 aliphatic carbocycles. The highest BCUT2D eigenvalue weighted by atomic mass is 35.5. The molecule has 1 saturated heterocycles. The number of carbonyl (C=O) groups is 1. The smallest absolute Gasteiger partial charge is 0.189 e.